The van der Waals surface area contributed by atoms with Gasteiger partial charge in [0.05, 0.1) is 0 Å². The van der Waals surface area contributed by atoms with Gasteiger partial charge in [0.15, 0.2) is 0 Å². The Hall–Kier alpha value is -0.138. The first-order valence-electron chi connectivity index (χ1n) is 2.40. The van der Waals surface area contributed by atoms with Gasteiger partial charge in [-0.3, -0.25) is 0 Å². The first-order chi connectivity index (χ1) is 4.16. The van der Waals surface area contributed by atoms with Gasteiger partial charge in [-0.1, -0.05) is 0 Å². The van der Waals surface area contributed by atoms with Crippen LogP contribution in [0.25, 0.3) is 0 Å². The van der Waals surface area contributed by atoms with E-state index in [4.69, 9.17) is 0 Å². The summed E-state index contributed by atoms with van der Waals surface area (Å²) in [5, 5.41) is 4.80. The molecule has 0 spiro atoms. The van der Waals surface area contributed by atoms with Crippen LogP contribution in [-0.4, -0.2) is 48.7 Å². The minimum atomic E-state index is -0.163. The van der Waals surface area contributed by atoms with Crippen LogP contribution in [0.5, 0.6) is 0 Å². The molecule has 48 valence electrons. The Bertz CT molecular complexity index is 126. The Labute approximate surface area is 69.1 Å². The van der Waals surface area contributed by atoms with E-state index in [1.165, 1.54) is 7.05 Å². The average Bonchev–Trinajstić information content (AvgIpc) is 1.83. The third kappa shape index (κ3) is 5.74. The summed E-state index contributed by atoms with van der Waals surface area (Å²) in [7, 11) is 1.53. The summed E-state index contributed by atoms with van der Waals surface area (Å²) in [5.74, 6) is -0.163. The first kappa shape index (κ1) is 8.86. The minimum absolute atomic E-state index is 0.0291. The molecule has 9 heavy (non-hydrogen) atoms. The van der Waals surface area contributed by atoms with Crippen molar-refractivity contribution in [1.29, 1.82) is 0 Å². The van der Waals surface area contributed by atoms with Crippen molar-refractivity contribution in [1.82, 2.24) is 10.6 Å². The molecule has 2 amide bonds. The fourth-order valence-corrected chi connectivity index (χ4v) is 0.653. The van der Waals surface area contributed by atoms with Crippen LogP contribution in [-0.2, 0) is 4.79 Å². The number of carbonyl (C=O) groups excluding carboxylic acids is 2. The normalized spacial score (nSPS) is 8.00. The molecule has 0 fully saturated rings. The molecule has 0 saturated heterocycles. The van der Waals surface area contributed by atoms with Crippen LogP contribution in [0.1, 0.15) is 0 Å². The van der Waals surface area contributed by atoms with Crippen molar-refractivity contribution in [3.63, 3.8) is 0 Å². The molecule has 0 unspecified atom stereocenters. The molecule has 0 bridgehead atoms. The molecule has 2 N–H and O–H groups in total. The van der Waals surface area contributed by atoms with Crippen LogP contribution in [0.15, 0.2) is 0 Å². The molecule has 0 aromatic heterocycles. The van der Waals surface area contributed by atoms with Crippen LogP contribution in [0.2, 0.25) is 0 Å². The number of nitrogens with one attached hydrogen (secondary N) is 2. The topological polar surface area (TPSA) is 58.2 Å². The quantitative estimate of drug-likeness (QED) is 0.616. The number of rotatable bonds is 2. The molecule has 0 aromatic carbocycles. The fraction of sp³-hybridized carbons (Fsp3) is 0.500. The van der Waals surface area contributed by atoms with E-state index in [0.29, 0.717) is 0 Å². The van der Waals surface area contributed by atoms with Crippen molar-refractivity contribution in [2.45, 2.75) is 0 Å². The van der Waals surface area contributed by atoms with Gasteiger partial charge in [0.1, 0.15) is 0 Å². The van der Waals surface area contributed by atoms with E-state index >= 15 is 0 Å². The number of amides is 2. The first-order valence-corrected chi connectivity index (χ1v) is 4.65. The molecule has 0 aliphatic rings. The summed E-state index contributed by atoms with van der Waals surface area (Å²) in [5.41, 5.74) is 0. The number of likely N-dealkylation sites (N-methyl/N-ethyl adjacent to an activating group) is 1. The molecule has 4 nitrogen and oxygen atoms in total. The van der Waals surface area contributed by atoms with E-state index in [9.17, 15) is 9.59 Å². The summed E-state index contributed by atoms with van der Waals surface area (Å²) < 4.78 is -0.0291. The third-order valence-corrected chi connectivity index (χ3v) is 1.50. The second kappa shape index (κ2) is 4.71. The van der Waals surface area contributed by atoms with Gasteiger partial charge in [0, 0.05) is 0 Å². The van der Waals surface area contributed by atoms with E-state index in [-0.39, 0.29) is 41.7 Å². The van der Waals surface area contributed by atoms with Gasteiger partial charge >= 0.3 is 69.0 Å². The Morgan fingerprint density at radius 3 is 2.44 bits per heavy atom. The van der Waals surface area contributed by atoms with E-state index in [0.717, 1.165) is 0 Å². The van der Waals surface area contributed by atoms with Gasteiger partial charge in [0.2, 0.25) is 0 Å². The van der Waals surface area contributed by atoms with Crippen LogP contribution < -0.4 is 10.6 Å². The number of carbonyl (C=O) groups is 2. The van der Waals surface area contributed by atoms with Gasteiger partial charge in [-0.15, -0.1) is 0 Å². The predicted octanol–water partition coefficient (Wildman–Crippen LogP) is -1.39. The molecule has 0 atom stereocenters. The van der Waals surface area contributed by atoms with Crippen LogP contribution in [0, 0.1) is 0 Å². The van der Waals surface area contributed by atoms with E-state index in [2.05, 4.69) is 10.6 Å². The summed E-state index contributed by atoms with van der Waals surface area (Å²) in [6.45, 7) is 0.103. The molecule has 0 aliphatic heterocycles. The van der Waals surface area contributed by atoms with Crippen molar-refractivity contribution in [3.05, 3.63) is 0 Å². The molecule has 0 aromatic rings. The molecule has 5 heteroatoms. The Balaban J connectivity index is 3.28. The monoisotopic (exact) mass is 320 g/mol. The van der Waals surface area contributed by atoms with Crippen LogP contribution >= 0.6 is 0 Å². The van der Waals surface area contributed by atoms with Gasteiger partial charge < -0.3 is 0 Å². The van der Waals surface area contributed by atoms with Crippen molar-refractivity contribution >= 4 is 35.1 Å². The van der Waals surface area contributed by atoms with E-state index < -0.39 is 0 Å². The molecular weight excluding hydrogens is 312 g/mol. The molecule has 0 radical (unpaired) electrons. The van der Waals surface area contributed by atoms with Gasteiger partial charge in [0.25, 0.3) is 0 Å². The zero-order chi connectivity index (χ0) is 7.28. The Kier molecular flexibility index (Phi) is 4.64. The third-order valence-electron chi connectivity index (χ3n) is 0.702. The number of hydrogen-bond donors (Lipinski definition) is 2. The molecule has 0 heterocycles. The summed E-state index contributed by atoms with van der Waals surface area (Å²) in [6, 6.07) is 0. The van der Waals surface area contributed by atoms with Crippen LogP contribution in [0.3, 0.4) is 0 Å². The predicted molar refractivity (Wildman–Crippen MR) is 33.2 cm³/mol. The Morgan fingerprint density at radius 1 is 1.56 bits per heavy atom. The SMILES string of the molecule is CNC(=O)CN[C](=O)[Tl]. The van der Waals surface area contributed by atoms with Crippen LogP contribution in [0.4, 0.5) is 4.79 Å². The molecule has 0 aliphatic carbocycles. The maximum atomic E-state index is 10.4. The van der Waals surface area contributed by atoms with Crippen molar-refractivity contribution in [2.24, 2.45) is 0 Å². The summed E-state index contributed by atoms with van der Waals surface area (Å²) in [4.78, 5) is 20.7. The zero-order valence-corrected chi connectivity index (χ0v) is 9.59. The zero-order valence-electron chi connectivity index (χ0n) is 5.10. The van der Waals surface area contributed by atoms with E-state index in [1.54, 1.807) is 0 Å². The van der Waals surface area contributed by atoms with Crippen molar-refractivity contribution in [2.75, 3.05) is 13.6 Å². The second-order valence-corrected chi connectivity index (χ2v) is 3.43. The summed E-state index contributed by atoms with van der Waals surface area (Å²) >= 11 is 0.264. The molecular formula is C4H7N2O2Tl. The molecule has 0 saturated carbocycles. The van der Waals surface area contributed by atoms with Gasteiger partial charge in [-0.05, 0) is 0 Å². The van der Waals surface area contributed by atoms with Crippen molar-refractivity contribution in [3.8, 4) is 0 Å². The summed E-state index contributed by atoms with van der Waals surface area (Å²) in [6.07, 6.45) is 0. The molecule has 0 rings (SSSR count). The second-order valence-electron chi connectivity index (χ2n) is 1.39. The average molecular weight is 319 g/mol. The van der Waals surface area contributed by atoms with Crippen molar-refractivity contribution < 1.29 is 9.59 Å². The number of hydrogen-bond acceptors (Lipinski definition) is 2. The fourth-order valence-electron chi connectivity index (χ4n) is 0.256. The Morgan fingerprint density at radius 2 is 2.11 bits per heavy atom. The standard InChI is InChI=1S/C4H7N2O2.Tl/c1-5-4(8)2-6-3-7;/h2H2,1H3,(H,5,8)(H,6,7);. The van der Waals surface area contributed by atoms with Gasteiger partial charge in [-0.2, -0.15) is 0 Å². The maximum absolute atomic E-state index is 10.4. The van der Waals surface area contributed by atoms with Gasteiger partial charge in [-0.25, -0.2) is 0 Å². The van der Waals surface area contributed by atoms with E-state index in [1.807, 2.05) is 0 Å².